The van der Waals surface area contributed by atoms with E-state index in [1.807, 2.05) is 11.8 Å². The minimum absolute atomic E-state index is 0.619. The minimum atomic E-state index is 0.619. The molecule has 0 spiro atoms. The van der Waals surface area contributed by atoms with Crippen molar-refractivity contribution in [2.24, 2.45) is 5.73 Å². The van der Waals surface area contributed by atoms with Crippen LogP contribution in [0.1, 0.15) is 18.1 Å². The van der Waals surface area contributed by atoms with Gasteiger partial charge in [0.2, 0.25) is 0 Å². The van der Waals surface area contributed by atoms with Crippen LogP contribution < -0.4 is 5.73 Å². The molecule has 0 fully saturated rings. The Kier molecular flexibility index (Phi) is 6.63. The average molecular weight is 252 g/mol. The van der Waals surface area contributed by atoms with Crippen molar-refractivity contribution < 1.29 is 0 Å². The fourth-order valence-corrected chi connectivity index (χ4v) is 2.53. The van der Waals surface area contributed by atoms with Gasteiger partial charge >= 0.3 is 0 Å². The molecule has 1 aromatic rings. The van der Waals surface area contributed by atoms with E-state index in [2.05, 4.69) is 49.4 Å². The van der Waals surface area contributed by atoms with E-state index < -0.39 is 0 Å². The number of nitrogens with two attached hydrogens (primary N) is 1. The van der Waals surface area contributed by atoms with Crippen LogP contribution in [0.4, 0.5) is 0 Å². The summed E-state index contributed by atoms with van der Waals surface area (Å²) in [6.45, 7) is 4.02. The van der Waals surface area contributed by atoms with Gasteiger partial charge in [0, 0.05) is 18.3 Å². The average Bonchev–Trinajstić information content (AvgIpc) is 2.32. The number of hydrogen-bond acceptors (Lipinski definition) is 3. The summed E-state index contributed by atoms with van der Waals surface area (Å²) in [7, 11) is 2.19. The number of nitrogens with zero attached hydrogens (tertiary/aromatic N) is 1. The maximum atomic E-state index is 5.54. The van der Waals surface area contributed by atoms with Crippen LogP contribution in [-0.2, 0) is 13.0 Å². The van der Waals surface area contributed by atoms with E-state index in [1.54, 1.807) is 0 Å². The first-order valence-corrected chi connectivity index (χ1v) is 7.53. The first-order valence-electron chi connectivity index (χ1n) is 6.14. The molecule has 0 aliphatic carbocycles. The molecule has 2 nitrogen and oxygen atoms in total. The zero-order valence-corrected chi connectivity index (χ0v) is 12.0. The van der Waals surface area contributed by atoms with E-state index in [9.17, 15) is 0 Å². The molecular weight excluding hydrogens is 228 g/mol. The van der Waals surface area contributed by atoms with Crippen LogP contribution in [-0.4, -0.2) is 36.5 Å². The number of benzene rings is 1. The zero-order chi connectivity index (χ0) is 12.7. The second kappa shape index (κ2) is 7.75. The quantitative estimate of drug-likeness (QED) is 0.808. The van der Waals surface area contributed by atoms with Crippen molar-refractivity contribution in [3.8, 4) is 0 Å². The molecule has 96 valence electrons. The Hall–Kier alpha value is -0.510. The van der Waals surface area contributed by atoms with Gasteiger partial charge in [-0.05, 0) is 44.3 Å². The topological polar surface area (TPSA) is 29.3 Å². The van der Waals surface area contributed by atoms with Crippen molar-refractivity contribution in [2.45, 2.75) is 25.9 Å². The van der Waals surface area contributed by atoms with Crippen LogP contribution in [0.3, 0.4) is 0 Å². The van der Waals surface area contributed by atoms with Crippen LogP contribution in [0.5, 0.6) is 0 Å². The lowest BCUT2D eigenvalue weighted by Crippen LogP contribution is -2.30. The van der Waals surface area contributed by atoms with Gasteiger partial charge in [-0.25, -0.2) is 0 Å². The Bertz CT molecular complexity index is 311. The third kappa shape index (κ3) is 5.11. The highest BCUT2D eigenvalue weighted by Gasteiger charge is 2.08. The van der Waals surface area contributed by atoms with Crippen LogP contribution in [0, 0.1) is 0 Å². The maximum absolute atomic E-state index is 5.54. The molecule has 0 amide bonds. The van der Waals surface area contributed by atoms with Gasteiger partial charge in [0.1, 0.15) is 0 Å². The molecule has 0 radical (unpaired) electrons. The van der Waals surface area contributed by atoms with Crippen molar-refractivity contribution in [2.75, 3.05) is 25.6 Å². The van der Waals surface area contributed by atoms with Crippen molar-refractivity contribution in [1.29, 1.82) is 0 Å². The summed E-state index contributed by atoms with van der Waals surface area (Å²) in [4.78, 5) is 2.40. The summed E-state index contributed by atoms with van der Waals surface area (Å²) < 4.78 is 0. The van der Waals surface area contributed by atoms with Gasteiger partial charge in [-0.1, -0.05) is 24.3 Å². The first kappa shape index (κ1) is 14.6. The largest absolute Gasteiger partial charge is 0.330 e. The van der Waals surface area contributed by atoms with E-state index in [1.165, 1.54) is 16.9 Å². The fourth-order valence-electron chi connectivity index (χ4n) is 1.79. The Balaban J connectivity index is 2.50. The summed E-state index contributed by atoms with van der Waals surface area (Å²) >= 11 is 1.90. The van der Waals surface area contributed by atoms with Crippen LogP contribution in [0.15, 0.2) is 24.3 Å². The molecule has 1 unspecified atom stereocenters. The maximum Gasteiger partial charge on any atom is 0.0233 e. The molecule has 2 N–H and O–H groups in total. The number of rotatable bonds is 7. The van der Waals surface area contributed by atoms with Gasteiger partial charge in [0.15, 0.2) is 0 Å². The highest BCUT2D eigenvalue weighted by molar-refractivity contribution is 7.98. The van der Waals surface area contributed by atoms with Crippen LogP contribution in [0.25, 0.3) is 0 Å². The first-order chi connectivity index (χ1) is 8.17. The normalized spacial score (nSPS) is 13.0. The molecule has 1 atom stereocenters. The molecule has 17 heavy (non-hydrogen) atoms. The Morgan fingerprint density at radius 2 is 1.82 bits per heavy atom. The SMILES string of the molecule is CSCC(C)N(C)Cc1ccc(CCN)cc1. The van der Waals surface area contributed by atoms with Gasteiger partial charge in [0.05, 0.1) is 0 Å². The lowest BCUT2D eigenvalue weighted by atomic mass is 10.1. The number of hydrogen-bond donors (Lipinski definition) is 1. The summed E-state index contributed by atoms with van der Waals surface area (Å²) in [6, 6.07) is 9.43. The van der Waals surface area contributed by atoms with Gasteiger partial charge in [0.25, 0.3) is 0 Å². The minimum Gasteiger partial charge on any atom is -0.330 e. The Morgan fingerprint density at radius 1 is 1.24 bits per heavy atom. The predicted molar refractivity (Wildman–Crippen MR) is 78.5 cm³/mol. The lowest BCUT2D eigenvalue weighted by molar-refractivity contribution is 0.270. The summed E-state index contributed by atoms with van der Waals surface area (Å²) in [5.41, 5.74) is 8.25. The smallest absolute Gasteiger partial charge is 0.0233 e. The molecule has 0 bridgehead atoms. The molecule has 1 aromatic carbocycles. The van der Waals surface area contributed by atoms with Crippen molar-refractivity contribution >= 4 is 11.8 Å². The second-order valence-corrected chi connectivity index (χ2v) is 5.49. The van der Waals surface area contributed by atoms with E-state index in [-0.39, 0.29) is 0 Å². The molecule has 0 aromatic heterocycles. The highest BCUT2D eigenvalue weighted by Crippen LogP contribution is 2.10. The van der Waals surface area contributed by atoms with E-state index in [0.29, 0.717) is 6.04 Å². The lowest BCUT2D eigenvalue weighted by Gasteiger charge is -2.24. The number of thioether (sulfide) groups is 1. The van der Waals surface area contributed by atoms with Crippen LogP contribution in [0.2, 0.25) is 0 Å². The summed E-state index contributed by atoms with van der Waals surface area (Å²) in [5, 5.41) is 0. The van der Waals surface area contributed by atoms with Gasteiger partial charge in [-0.2, -0.15) is 11.8 Å². The monoisotopic (exact) mass is 252 g/mol. The molecule has 0 aliphatic heterocycles. The standard InChI is InChI=1S/C14H24N2S/c1-12(11-17-3)16(2)10-14-6-4-13(5-7-14)8-9-15/h4-7,12H,8-11,15H2,1-3H3. The van der Waals surface area contributed by atoms with Crippen molar-refractivity contribution in [3.63, 3.8) is 0 Å². The summed E-state index contributed by atoms with van der Waals surface area (Å²) in [6.07, 6.45) is 3.13. The third-order valence-corrected chi connectivity index (χ3v) is 3.86. The fraction of sp³-hybridized carbons (Fsp3) is 0.571. The molecule has 0 aliphatic rings. The van der Waals surface area contributed by atoms with Crippen molar-refractivity contribution in [1.82, 2.24) is 4.90 Å². The van der Waals surface area contributed by atoms with Gasteiger partial charge in [-0.3, -0.25) is 4.90 Å². The molecule has 0 heterocycles. The zero-order valence-electron chi connectivity index (χ0n) is 11.1. The second-order valence-electron chi connectivity index (χ2n) is 4.57. The molecule has 0 saturated heterocycles. The Labute approximate surface area is 110 Å². The van der Waals surface area contributed by atoms with E-state index in [0.717, 1.165) is 19.5 Å². The van der Waals surface area contributed by atoms with Crippen LogP contribution >= 0.6 is 11.8 Å². The van der Waals surface area contributed by atoms with Gasteiger partial charge in [-0.15, -0.1) is 0 Å². The van der Waals surface area contributed by atoms with E-state index in [4.69, 9.17) is 5.73 Å². The molecule has 1 rings (SSSR count). The molecular formula is C14H24N2S. The van der Waals surface area contributed by atoms with E-state index >= 15 is 0 Å². The third-order valence-electron chi connectivity index (χ3n) is 3.05. The molecule has 3 heteroatoms. The predicted octanol–water partition coefficient (Wildman–Crippen LogP) is 2.37. The molecule has 0 saturated carbocycles. The van der Waals surface area contributed by atoms with Gasteiger partial charge < -0.3 is 5.73 Å². The summed E-state index contributed by atoms with van der Waals surface area (Å²) in [5.74, 6) is 1.18. The van der Waals surface area contributed by atoms with Crippen molar-refractivity contribution in [3.05, 3.63) is 35.4 Å². The highest BCUT2D eigenvalue weighted by atomic mass is 32.2. The Morgan fingerprint density at radius 3 is 2.35 bits per heavy atom.